The minimum atomic E-state index is -0.475. The normalized spacial score (nSPS) is 10.8. The van der Waals surface area contributed by atoms with Crippen molar-refractivity contribution in [1.82, 2.24) is 14.8 Å². The molecule has 0 spiro atoms. The molecule has 3 rings (SSSR count). The number of aromatic nitrogens is 3. The van der Waals surface area contributed by atoms with Gasteiger partial charge < -0.3 is 14.6 Å². The van der Waals surface area contributed by atoms with Crippen molar-refractivity contribution in [2.24, 2.45) is 7.05 Å². The number of amides is 1. The number of halogens is 2. The molecular formula is C20H20ClFN4O2S. The third-order valence-electron chi connectivity index (χ3n) is 4.18. The second-order valence-corrected chi connectivity index (χ2v) is 7.75. The number of nitrogens with zero attached hydrogens (tertiary/aromatic N) is 3. The summed E-state index contributed by atoms with van der Waals surface area (Å²) in [6.45, 7) is 4.07. The number of thioether (sulfide) groups is 1. The second-order valence-electron chi connectivity index (χ2n) is 6.43. The molecule has 29 heavy (non-hydrogen) atoms. The number of anilines is 1. The van der Waals surface area contributed by atoms with E-state index in [1.165, 1.54) is 23.9 Å². The van der Waals surface area contributed by atoms with Gasteiger partial charge in [-0.1, -0.05) is 35.5 Å². The molecule has 6 nitrogen and oxygen atoms in total. The highest BCUT2D eigenvalue weighted by Crippen LogP contribution is 2.26. The molecule has 1 N–H and O–H groups in total. The predicted octanol–water partition coefficient (Wildman–Crippen LogP) is 4.53. The Hall–Kier alpha value is -2.58. The number of hydrogen-bond acceptors (Lipinski definition) is 5. The molecule has 9 heteroatoms. The Balaban J connectivity index is 1.56. The van der Waals surface area contributed by atoms with E-state index in [1.54, 1.807) is 23.7 Å². The lowest BCUT2D eigenvalue weighted by molar-refractivity contribution is -0.113. The molecular weight excluding hydrogens is 415 g/mol. The van der Waals surface area contributed by atoms with E-state index in [-0.39, 0.29) is 24.0 Å². The van der Waals surface area contributed by atoms with Crippen molar-refractivity contribution in [3.63, 3.8) is 0 Å². The largest absolute Gasteiger partial charge is 0.486 e. The fourth-order valence-electron chi connectivity index (χ4n) is 2.61. The third-order valence-corrected chi connectivity index (χ3v) is 5.80. The highest BCUT2D eigenvalue weighted by atomic mass is 35.5. The Labute approximate surface area is 177 Å². The minimum absolute atomic E-state index is 0.0801. The Morgan fingerprint density at radius 3 is 2.62 bits per heavy atom. The van der Waals surface area contributed by atoms with Crippen LogP contribution in [0, 0.1) is 19.7 Å². The highest BCUT2D eigenvalue weighted by molar-refractivity contribution is 7.99. The van der Waals surface area contributed by atoms with Gasteiger partial charge in [0.25, 0.3) is 0 Å². The van der Waals surface area contributed by atoms with Crippen molar-refractivity contribution in [3.8, 4) is 5.75 Å². The molecule has 0 aliphatic heterocycles. The van der Waals surface area contributed by atoms with Crippen molar-refractivity contribution in [1.29, 1.82) is 0 Å². The van der Waals surface area contributed by atoms with Crippen LogP contribution in [0.25, 0.3) is 0 Å². The first-order valence-corrected chi connectivity index (χ1v) is 10.2. The first kappa shape index (κ1) is 21.1. The molecule has 0 unspecified atom stereocenters. The number of ether oxygens (including phenoxy) is 1. The molecule has 0 bridgehead atoms. The topological polar surface area (TPSA) is 69.0 Å². The summed E-state index contributed by atoms with van der Waals surface area (Å²) in [5.41, 5.74) is 2.03. The number of nitrogens with one attached hydrogen (secondary N) is 1. The number of carbonyl (C=O) groups is 1. The van der Waals surface area contributed by atoms with E-state index >= 15 is 0 Å². The van der Waals surface area contributed by atoms with Crippen molar-refractivity contribution in [2.75, 3.05) is 11.1 Å². The fourth-order valence-corrected chi connectivity index (χ4v) is 3.45. The van der Waals surface area contributed by atoms with Gasteiger partial charge in [-0.2, -0.15) is 0 Å². The summed E-state index contributed by atoms with van der Waals surface area (Å²) in [5, 5.41) is 12.0. The molecule has 3 aromatic rings. The summed E-state index contributed by atoms with van der Waals surface area (Å²) in [6, 6.07) is 9.76. The Kier molecular flexibility index (Phi) is 6.76. The molecule has 0 atom stereocenters. The van der Waals surface area contributed by atoms with Crippen LogP contribution in [0.4, 0.5) is 10.1 Å². The van der Waals surface area contributed by atoms with Crippen LogP contribution in [-0.4, -0.2) is 26.4 Å². The smallest absolute Gasteiger partial charge is 0.234 e. The average Bonchev–Trinajstić information content (AvgIpc) is 3.04. The van der Waals surface area contributed by atoms with Gasteiger partial charge in [-0.3, -0.25) is 4.79 Å². The predicted molar refractivity (Wildman–Crippen MR) is 112 cm³/mol. The van der Waals surface area contributed by atoms with Gasteiger partial charge in [-0.25, -0.2) is 4.39 Å². The van der Waals surface area contributed by atoms with E-state index in [9.17, 15) is 9.18 Å². The van der Waals surface area contributed by atoms with E-state index in [0.717, 1.165) is 16.1 Å². The highest BCUT2D eigenvalue weighted by Gasteiger charge is 2.13. The van der Waals surface area contributed by atoms with Crippen LogP contribution >= 0.6 is 23.4 Å². The second kappa shape index (κ2) is 9.28. The lowest BCUT2D eigenvalue weighted by atomic mass is 10.1. The van der Waals surface area contributed by atoms with Gasteiger partial charge in [0.1, 0.15) is 18.2 Å². The number of aryl methyl sites for hydroxylation is 2. The molecule has 0 radical (unpaired) electrons. The number of para-hydroxylation sites is 1. The Bertz CT molecular complexity index is 1020. The summed E-state index contributed by atoms with van der Waals surface area (Å²) < 4.78 is 21.2. The van der Waals surface area contributed by atoms with Gasteiger partial charge >= 0.3 is 0 Å². The van der Waals surface area contributed by atoms with Gasteiger partial charge in [0.05, 0.1) is 11.4 Å². The molecule has 1 heterocycles. The van der Waals surface area contributed by atoms with E-state index in [4.69, 9.17) is 16.3 Å². The lowest BCUT2D eigenvalue weighted by Crippen LogP contribution is -2.15. The molecule has 1 aromatic heterocycles. The summed E-state index contributed by atoms with van der Waals surface area (Å²) in [6.07, 6.45) is 0. The van der Waals surface area contributed by atoms with E-state index in [2.05, 4.69) is 15.5 Å². The van der Waals surface area contributed by atoms with Gasteiger partial charge in [-0.05, 0) is 49.2 Å². The van der Waals surface area contributed by atoms with Crippen LogP contribution in [0.1, 0.15) is 17.0 Å². The molecule has 1 amide bonds. The first-order valence-electron chi connectivity index (χ1n) is 8.80. The van der Waals surface area contributed by atoms with E-state index in [0.29, 0.717) is 16.7 Å². The van der Waals surface area contributed by atoms with Crippen LogP contribution < -0.4 is 10.1 Å². The van der Waals surface area contributed by atoms with Crippen LogP contribution in [0.15, 0.2) is 41.6 Å². The SMILES string of the molecule is Cc1cc(OCc2nnc(SCC(=O)Nc3ccccc3F)n2C)cc(C)c1Cl. The minimum Gasteiger partial charge on any atom is -0.486 e. The number of hydrogen-bond donors (Lipinski definition) is 1. The Morgan fingerprint density at radius 1 is 1.24 bits per heavy atom. The maximum Gasteiger partial charge on any atom is 0.234 e. The molecule has 0 aliphatic carbocycles. The van der Waals surface area contributed by atoms with Crippen LogP contribution in [-0.2, 0) is 18.4 Å². The fraction of sp³-hybridized carbons (Fsp3) is 0.250. The maximum absolute atomic E-state index is 13.6. The van der Waals surface area contributed by atoms with Crippen molar-refractivity contribution in [3.05, 3.63) is 64.2 Å². The summed E-state index contributed by atoms with van der Waals surface area (Å²) in [5.74, 6) is 0.597. The molecule has 0 saturated heterocycles. The number of rotatable bonds is 7. The summed E-state index contributed by atoms with van der Waals surface area (Å²) in [4.78, 5) is 12.1. The maximum atomic E-state index is 13.6. The van der Waals surface area contributed by atoms with E-state index < -0.39 is 5.82 Å². The first-order chi connectivity index (χ1) is 13.8. The quantitative estimate of drug-likeness (QED) is 0.553. The number of carbonyl (C=O) groups excluding carboxylic acids is 1. The average molecular weight is 435 g/mol. The van der Waals surface area contributed by atoms with Gasteiger partial charge in [0.15, 0.2) is 11.0 Å². The van der Waals surface area contributed by atoms with Crippen LogP contribution in [0.5, 0.6) is 5.75 Å². The monoisotopic (exact) mass is 434 g/mol. The van der Waals surface area contributed by atoms with Gasteiger partial charge in [0, 0.05) is 12.1 Å². The zero-order valence-electron chi connectivity index (χ0n) is 16.2. The van der Waals surface area contributed by atoms with Crippen LogP contribution in [0.2, 0.25) is 5.02 Å². The Morgan fingerprint density at radius 2 is 1.93 bits per heavy atom. The standard InChI is InChI=1S/C20H20ClFN4O2S/c1-12-8-14(9-13(2)19(12)21)28-10-17-24-25-20(26(17)3)29-11-18(27)23-16-7-5-4-6-15(16)22/h4-9H,10-11H2,1-3H3,(H,23,27). The van der Waals surface area contributed by atoms with Gasteiger partial charge in [0.2, 0.25) is 5.91 Å². The summed E-state index contributed by atoms with van der Waals surface area (Å²) >= 11 is 7.39. The molecule has 152 valence electrons. The van der Waals surface area contributed by atoms with Gasteiger partial charge in [-0.15, -0.1) is 10.2 Å². The van der Waals surface area contributed by atoms with Crippen molar-refractivity contribution >= 4 is 35.0 Å². The number of benzene rings is 2. The molecule has 2 aromatic carbocycles. The van der Waals surface area contributed by atoms with Crippen LogP contribution in [0.3, 0.4) is 0 Å². The lowest BCUT2D eigenvalue weighted by Gasteiger charge is -2.10. The third kappa shape index (κ3) is 5.27. The zero-order valence-corrected chi connectivity index (χ0v) is 17.8. The molecule has 0 saturated carbocycles. The summed E-state index contributed by atoms with van der Waals surface area (Å²) in [7, 11) is 1.80. The van der Waals surface area contributed by atoms with E-state index in [1.807, 2.05) is 26.0 Å². The molecule has 0 fully saturated rings. The molecule has 0 aliphatic rings. The van der Waals surface area contributed by atoms with Crippen molar-refractivity contribution in [2.45, 2.75) is 25.6 Å². The zero-order chi connectivity index (χ0) is 21.0. The van der Waals surface area contributed by atoms with Crippen molar-refractivity contribution < 1.29 is 13.9 Å².